The molecule has 0 spiro atoms. The number of hydrogen-bond donors (Lipinski definition) is 0. The van der Waals surface area contributed by atoms with Crippen LogP contribution in [-0.4, -0.2) is 0 Å². The molecule has 0 bridgehead atoms. The number of allylic oxidation sites excluding steroid dienone is 12. The highest BCUT2D eigenvalue weighted by Gasteiger charge is 2.42. The fraction of sp³-hybridized carbons (Fsp3) is 0.400. The summed E-state index contributed by atoms with van der Waals surface area (Å²) in [5.74, 6) is 2.42. The highest BCUT2D eigenvalue weighted by atomic mass is 14.5. The molecule has 0 aromatic rings. The summed E-state index contributed by atoms with van der Waals surface area (Å²) in [5.41, 5.74) is 4.79. The van der Waals surface area contributed by atoms with Crippen LogP contribution in [0.2, 0.25) is 0 Å². The molecule has 0 heterocycles. The van der Waals surface area contributed by atoms with E-state index >= 15 is 0 Å². The third-order valence-corrected chi connectivity index (χ3v) is 5.36. The van der Waals surface area contributed by atoms with Crippen LogP contribution < -0.4 is 0 Å². The normalized spacial score (nSPS) is 42.2. The van der Waals surface area contributed by atoms with Crippen molar-refractivity contribution in [2.24, 2.45) is 17.8 Å². The van der Waals surface area contributed by atoms with E-state index in [0.29, 0.717) is 0 Å². The second-order valence-corrected chi connectivity index (χ2v) is 6.38. The molecule has 0 aromatic heterocycles. The Morgan fingerprint density at radius 1 is 0.800 bits per heavy atom. The van der Waals surface area contributed by atoms with Gasteiger partial charge >= 0.3 is 0 Å². The molecule has 0 saturated heterocycles. The van der Waals surface area contributed by atoms with Crippen molar-refractivity contribution < 1.29 is 0 Å². The van der Waals surface area contributed by atoms with Crippen LogP contribution in [0.3, 0.4) is 0 Å². The first-order valence-electron chi connectivity index (χ1n) is 8.06. The van der Waals surface area contributed by atoms with Crippen LogP contribution in [-0.2, 0) is 0 Å². The van der Waals surface area contributed by atoms with E-state index in [-0.39, 0.29) is 0 Å². The van der Waals surface area contributed by atoms with Crippen molar-refractivity contribution in [2.45, 2.75) is 32.1 Å². The van der Waals surface area contributed by atoms with Gasteiger partial charge in [0.1, 0.15) is 0 Å². The maximum Gasteiger partial charge on any atom is -0.00842 e. The highest BCUT2D eigenvalue weighted by molar-refractivity contribution is 5.56. The summed E-state index contributed by atoms with van der Waals surface area (Å²) in [5, 5.41) is 0. The molecule has 0 nitrogen and oxygen atoms in total. The van der Waals surface area contributed by atoms with Gasteiger partial charge in [0.05, 0.1) is 0 Å². The lowest BCUT2D eigenvalue weighted by Crippen LogP contribution is -2.20. The minimum Gasteiger partial charge on any atom is -0.0885 e. The van der Waals surface area contributed by atoms with Crippen LogP contribution in [0.4, 0.5) is 0 Å². The molecule has 0 amide bonds. The Kier molecular flexibility index (Phi) is 3.10. The maximum absolute atomic E-state index is 2.40. The van der Waals surface area contributed by atoms with Gasteiger partial charge in [0.2, 0.25) is 0 Å². The smallest absolute Gasteiger partial charge is 0.00842 e. The molecule has 20 heavy (non-hydrogen) atoms. The number of hydrogen-bond acceptors (Lipinski definition) is 0. The zero-order valence-electron chi connectivity index (χ0n) is 12.0. The summed E-state index contributed by atoms with van der Waals surface area (Å²) in [6.45, 7) is 0. The third kappa shape index (κ3) is 1.90. The van der Waals surface area contributed by atoms with Crippen molar-refractivity contribution in [3.05, 3.63) is 71.4 Å². The Balaban J connectivity index is 1.82. The van der Waals surface area contributed by atoms with E-state index in [1.54, 1.807) is 11.1 Å². The van der Waals surface area contributed by atoms with Gasteiger partial charge < -0.3 is 0 Å². The first kappa shape index (κ1) is 12.2. The lowest BCUT2D eigenvalue weighted by Gasteiger charge is -2.29. The predicted molar refractivity (Wildman–Crippen MR) is 85.2 cm³/mol. The predicted octanol–water partition coefficient (Wildman–Crippen LogP) is 5.29. The van der Waals surface area contributed by atoms with E-state index in [1.807, 2.05) is 0 Å². The fourth-order valence-corrected chi connectivity index (χ4v) is 4.56. The van der Waals surface area contributed by atoms with E-state index in [1.165, 1.54) is 37.7 Å². The van der Waals surface area contributed by atoms with Crippen molar-refractivity contribution in [3.8, 4) is 0 Å². The van der Waals surface area contributed by atoms with Crippen molar-refractivity contribution in [3.63, 3.8) is 0 Å². The highest BCUT2D eigenvalue weighted by Crippen LogP contribution is 2.53. The molecular formula is C20H22. The number of rotatable bonds is 0. The van der Waals surface area contributed by atoms with Crippen LogP contribution in [0.5, 0.6) is 0 Å². The van der Waals surface area contributed by atoms with Crippen LogP contribution in [0, 0.1) is 17.8 Å². The fourth-order valence-electron chi connectivity index (χ4n) is 4.56. The Morgan fingerprint density at radius 3 is 2.65 bits per heavy atom. The van der Waals surface area contributed by atoms with Gasteiger partial charge in [-0.1, -0.05) is 54.7 Å². The van der Waals surface area contributed by atoms with Crippen molar-refractivity contribution in [2.75, 3.05) is 0 Å². The van der Waals surface area contributed by atoms with Crippen LogP contribution in [0.25, 0.3) is 0 Å². The number of fused-ring (bicyclic) bond motifs is 3. The van der Waals surface area contributed by atoms with Gasteiger partial charge in [-0.05, 0) is 66.6 Å². The Bertz CT molecular complexity index is 577. The van der Waals surface area contributed by atoms with E-state index < -0.39 is 0 Å². The minimum absolute atomic E-state index is 0.772. The summed E-state index contributed by atoms with van der Waals surface area (Å²) in [7, 11) is 0. The van der Waals surface area contributed by atoms with Crippen molar-refractivity contribution in [1.82, 2.24) is 0 Å². The maximum atomic E-state index is 2.40. The molecule has 102 valence electrons. The van der Waals surface area contributed by atoms with Gasteiger partial charge in [-0.25, -0.2) is 0 Å². The zero-order chi connectivity index (χ0) is 13.4. The molecule has 0 fully saturated rings. The SMILES string of the molecule is C1=C/C2=C/C=C\C=C/C3=C2C(C1)C1CC/C=C\CCC31. The lowest BCUT2D eigenvalue weighted by molar-refractivity contribution is 0.290. The first-order valence-corrected chi connectivity index (χ1v) is 8.06. The molecule has 3 unspecified atom stereocenters. The van der Waals surface area contributed by atoms with Crippen LogP contribution >= 0.6 is 0 Å². The van der Waals surface area contributed by atoms with Crippen LogP contribution in [0.15, 0.2) is 71.4 Å². The van der Waals surface area contributed by atoms with Gasteiger partial charge in [0, 0.05) is 0 Å². The molecular weight excluding hydrogens is 240 g/mol. The summed E-state index contributed by atoms with van der Waals surface area (Å²) in [6, 6.07) is 0. The molecule has 4 rings (SSSR count). The molecule has 4 aliphatic rings. The van der Waals surface area contributed by atoms with Gasteiger partial charge in [0.25, 0.3) is 0 Å². The van der Waals surface area contributed by atoms with E-state index in [0.717, 1.165) is 17.8 Å². The average molecular weight is 262 g/mol. The monoisotopic (exact) mass is 262 g/mol. The van der Waals surface area contributed by atoms with Gasteiger partial charge in [0.15, 0.2) is 0 Å². The molecule has 0 aromatic carbocycles. The summed E-state index contributed by atoms with van der Waals surface area (Å²) in [6.07, 6.45) is 27.3. The van der Waals surface area contributed by atoms with Gasteiger partial charge in [-0.2, -0.15) is 0 Å². The van der Waals surface area contributed by atoms with Crippen molar-refractivity contribution >= 4 is 0 Å². The Labute approximate surface area is 122 Å². The van der Waals surface area contributed by atoms with Gasteiger partial charge in [-0.3, -0.25) is 0 Å². The van der Waals surface area contributed by atoms with E-state index in [4.69, 9.17) is 0 Å². The second kappa shape index (κ2) is 5.09. The first-order chi connectivity index (χ1) is 9.95. The largest absolute Gasteiger partial charge is 0.0885 e. The standard InChI is InChI=1S/C20H22/c1-2-6-12-17-16(11-5-1)18-13-7-3-4-9-15-10-8-14-19(17)20(15)18/h1-4,7-10,13,16-17,19H,5-6,11-12,14H2/b2-1-,4-3-,7-3?,9-4?,13-7-,15-9-,18-13?. The van der Waals surface area contributed by atoms with Crippen LogP contribution in [0.1, 0.15) is 32.1 Å². The Morgan fingerprint density at radius 2 is 1.70 bits per heavy atom. The summed E-state index contributed by atoms with van der Waals surface area (Å²) >= 11 is 0. The Hall–Kier alpha value is -1.56. The molecule has 0 saturated carbocycles. The van der Waals surface area contributed by atoms with E-state index in [9.17, 15) is 0 Å². The average Bonchev–Trinajstić information content (AvgIpc) is 2.68. The quantitative estimate of drug-likeness (QED) is 0.520. The lowest BCUT2D eigenvalue weighted by atomic mass is 9.75. The zero-order valence-corrected chi connectivity index (χ0v) is 12.0. The minimum atomic E-state index is 0.772. The molecule has 0 heteroatoms. The molecule has 0 N–H and O–H groups in total. The third-order valence-electron chi connectivity index (χ3n) is 5.36. The van der Waals surface area contributed by atoms with Crippen molar-refractivity contribution in [1.29, 1.82) is 0 Å². The molecule has 0 radical (unpaired) electrons. The van der Waals surface area contributed by atoms with E-state index in [2.05, 4.69) is 54.7 Å². The van der Waals surface area contributed by atoms with Gasteiger partial charge in [-0.15, -0.1) is 0 Å². The molecule has 4 aliphatic carbocycles. The topological polar surface area (TPSA) is 0 Å². The summed E-state index contributed by atoms with van der Waals surface area (Å²) in [4.78, 5) is 0. The summed E-state index contributed by atoms with van der Waals surface area (Å²) < 4.78 is 0. The molecule has 0 aliphatic heterocycles. The molecule has 3 atom stereocenters. The second-order valence-electron chi connectivity index (χ2n) is 6.38.